The molecule has 2 rings (SSSR count). The first-order valence-corrected chi connectivity index (χ1v) is 9.91. The van der Waals surface area contributed by atoms with Gasteiger partial charge in [0.05, 0.1) is 27.9 Å². The van der Waals surface area contributed by atoms with Gasteiger partial charge in [0.25, 0.3) is 0 Å². The summed E-state index contributed by atoms with van der Waals surface area (Å²) in [6.07, 6.45) is 0. The summed E-state index contributed by atoms with van der Waals surface area (Å²) in [5.74, 6) is -1.27. The molecule has 0 heterocycles. The zero-order valence-corrected chi connectivity index (χ0v) is 16.0. The maximum absolute atomic E-state index is 13.6. The molecule has 2 aromatic carbocycles. The topological polar surface area (TPSA) is 83.8 Å². The smallest absolute Gasteiger partial charge is 0.338 e. The average molecular weight is 403 g/mol. The molecule has 0 amide bonds. The summed E-state index contributed by atoms with van der Waals surface area (Å²) in [4.78, 5) is 11.2. The van der Waals surface area contributed by atoms with Crippen LogP contribution in [-0.4, -0.2) is 22.8 Å². The average Bonchev–Trinajstić information content (AvgIpc) is 2.53. The van der Waals surface area contributed by atoms with Gasteiger partial charge in [0, 0.05) is 5.30 Å². The Kier molecular flexibility index (Phi) is 6.17. The van der Waals surface area contributed by atoms with Crippen LogP contribution in [0.25, 0.3) is 0 Å². The number of carboxylic acids is 1. The number of halogens is 2. The third-order valence-corrected chi connectivity index (χ3v) is 7.33. The van der Waals surface area contributed by atoms with E-state index in [-0.39, 0.29) is 28.0 Å². The standard InChI is InChI=1S/C17H17Cl2O5P/c1-3-24-25(23,13-6-4-5-12(20)9-13)10(2)11-7-14(18)16(17(21)22)15(19)8-11/h4-10,20H,3H2,1-2H3,(H,21,22). The lowest BCUT2D eigenvalue weighted by molar-refractivity contribution is 0.0697. The highest BCUT2D eigenvalue weighted by Crippen LogP contribution is 2.59. The molecule has 2 unspecified atom stereocenters. The summed E-state index contributed by atoms with van der Waals surface area (Å²) in [6, 6.07) is 8.91. The first-order chi connectivity index (χ1) is 11.7. The number of benzene rings is 2. The molecule has 5 nitrogen and oxygen atoms in total. The molecule has 2 atom stereocenters. The number of aromatic hydroxyl groups is 1. The van der Waals surface area contributed by atoms with Gasteiger partial charge in [-0.2, -0.15) is 0 Å². The van der Waals surface area contributed by atoms with Crippen LogP contribution in [0.5, 0.6) is 5.75 Å². The number of hydrogen-bond donors (Lipinski definition) is 2. The Morgan fingerprint density at radius 2 is 1.84 bits per heavy atom. The highest BCUT2D eigenvalue weighted by atomic mass is 35.5. The van der Waals surface area contributed by atoms with Gasteiger partial charge in [0.15, 0.2) is 0 Å². The van der Waals surface area contributed by atoms with Crippen LogP contribution in [0.4, 0.5) is 0 Å². The molecule has 0 fully saturated rings. The molecule has 25 heavy (non-hydrogen) atoms. The fraction of sp³-hybridized carbons (Fsp3) is 0.235. The van der Waals surface area contributed by atoms with Crippen molar-refractivity contribution in [2.75, 3.05) is 6.61 Å². The number of aromatic carboxylic acids is 1. The summed E-state index contributed by atoms with van der Waals surface area (Å²) in [5.41, 5.74) is -0.366. The summed E-state index contributed by atoms with van der Waals surface area (Å²) in [7, 11) is -3.41. The van der Waals surface area contributed by atoms with Crippen molar-refractivity contribution in [2.45, 2.75) is 19.5 Å². The van der Waals surface area contributed by atoms with E-state index in [1.807, 2.05) is 0 Å². The maximum Gasteiger partial charge on any atom is 0.338 e. The minimum atomic E-state index is -3.41. The highest BCUT2D eigenvalue weighted by molar-refractivity contribution is 7.67. The van der Waals surface area contributed by atoms with Crippen molar-refractivity contribution in [2.24, 2.45) is 0 Å². The Labute approximate surface area is 155 Å². The lowest BCUT2D eigenvalue weighted by Gasteiger charge is -2.25. The van der Waals surface area contributed by atoms with E-state index in [0.717, 1.165) is 0 Å². The quantitative estimate of drug-likeness (QED) is 0.656. The molecule has 8 heteroatoms. The van der Waals surface area contributed by atoms with Crippen LogP contribution in [-0.2, 0) is 9.09 Å². The maximum atomic E-state index is 13.6. The van der Waals surface area contributed by atoms with Gasteiger partial charge >= 0.3 is 5.97 Å². The first-order valence-electron chi connectivity index (χ1n) is 7.46. The van der Waals surface area contributed by atoms with Gasteiger partial charge in [-0.1, -0.05) is 29.3 Å². The number of rotatable bonds is 6. The van der Waals surface area contributed by atoms with Crippen LogP contribution >= 0.6 is 30.6 Å². The molecule has 0 aliphatic heterocycles. The zero-order chi connectivity index (χ0) is 18.8. The molecular weight excluding hydrogens is 386 g/mol. The molecule has 0 saturated carbocycles. The van der Waals surface area contributed by atoms with Crippen LogP contribution < -0.4 is 5.30 Å². The lowest BCUT2D eigenvalue weighted by atomic mass is 10.1. The SMILES string of the molecule is CCOP(=O)(c1cccc(O)c1)C(C)c1cc(Cl)c(C(=O)O)c(Cl)c1. The van der Waals surface area contributed by atoms with Crippen LogP contribution in [0.1, 0.15) is 35.4 Å². The van der Waals surface area contributed by atoms with Gasteiger partial charge in [0.1, 0.15) is 5.75 Å². The summed E-state index contributed by atoms with van der Waals surface area (Å²) < 4.78 is 19.2. The third-order valence-electron chi connectivity index (χ3n) is 3.78. The number of carbonyl (C=O) groups is 1. The van der Waals surface area contributed by atoms with Gasteiger partial charge in [-0.25, -0.2) is 4.79 Å². The van der Waals surface area contributed by atoms with Gasteiger partial charge in [-0.3, -0.25) is 4.57 Å². The summed E-state index contributed by atoms with van der Waals surface area (Å²) in [5, 5.41) is 19.1. The van der Waals surface area contributed by atoms with Crippen molar-refractivity contribution in [3.63, 3.8) is 0 Å². The molecule has 0 aromatic heterocycles. The fourth-order valence-electron chi connectivity index (χ4n) is 2.52. The molecule has 0 aliphatic rings. The molecule has 134 valence electrons. The molecule has 0 aliphatic carbocycles. The lowest BCUT2D eigenvalue weighted by Crippen LogP contribution is -2.13. The summed E-state index contributed by atoms with van der Waals surface area (Å²) in [6.45, 7) is 3.60. The Morgan fingerprint density at radius 3 is 2.32 bits per heavy atom. The predicted octanol–water partition coefficient (Wildman–Crippen LogP) is 5.10. The van der Waals surface area contributed by atoms with Crippen molar-refractivity contribution < 1.29 is 24.1 Å². The van der Waals surface area contributed by atoms with Crippen molar-refractivity contribution >= 4 is 41.8 Å². The zero-order valence-electron chi connectivity index (χ0n) is 13.6. The minimum absolute atomic E-state index is 0.0260. The summed E-state index contributed by atoms with van der Waals surface area (Å²) >= 11 is 12.1. The highest BCUT2D eigenvalue weighted by Gasteiger charge is 2.35. The van der Waals surface area contributed by atoms with Crippen LogP contribution in [0.2, 0.25) is 10.0 Å². The number of phenols is 1. The first kappa shape index (κ1) is 19.8. The second-order valence-electron chi connectivity index (χ2n) is 5.38. The molecule has 0 saturated heterocycles. The van der Waals surface area contributed by atoms with Crippen molar-refractivity contribution in [3.8, 4) is 5.75 Å². The molecule has 0 spiro atoms. The van der Waals surface area contributed by atoms with E-state index in [1.54, 1.807) is 26.0 Å². The van der Waals surface area contributed by atoms with Gasteiger partial charge in [0.2, 0.25) is 7.37 Å². The Morgan fingerprint density at radius 1 is 1.24 bits per heavy atom. The second kappa shape index (κ2) is 7.79. The largest absolute Gasteiger partial charge is 0.508 e. The van der Waals surface area contributed by atoms with Crippen LogP contribution in [0.15, 0.2) is 36.4 Å². The van der Waals surface area contributed by atoms with E-state index in [1.165, 1.54) is 24.3 Å². The Bertz CT molecular complexity index is 830. The van der Waals surface area contributed by atoms with E-state index >= 15 is 0 Å². The van der Waals surface area contributed by atoms with Crippen molar-refractivity contribution in [1.82, 2.24) is 0 Å². The van der Waals surface area contributed by atoms with Crippen molar-refractivity contribution in [3.05, 3.63) is 57.6 Å². The van der Waals surface area contributed by atoms with Gasteiger partial charge in [-0.05, 0) is 49.7 Å². The van der Waals surface area contributed by atoms with Crippen molar-refractivity contribution in [1.29, 1.82) is 0 Å². The number of carboxylic acid groups (broad SMARTS) is 1. The van der Waals surface area contributed by atoms with Gasteiger partial charge in [-0.15, -0.1) is 0 Å². The van der Waals surface area contributed by atoms with Gasteiger partial charge < -0.3 is 14.7 Å². The molecular formula is C17H17Cl2O5P. The van der Waals surface area contributed by atoms with E-state index in [4.69, 9.17) is 32.8 Å². The molecule has 0 radical (unpaired) electrons. The Balaban J connectivity index is 2.57. The second-order valence-corrected chi connectivity index (χ2v) is 8.93. The number of phenolic OH excluding ortho intramolecular Hbond substituents is 1. The van der Waals surface area contributed by atoms with E-state index in [2.05, 4.69) is 0 Å². The predicted molar refractivity (Wildman–Crippen MR) is 98.8 cm³/mol. The molecule has 2 N–H and O–H groups in total. The van der Waals surface area contributed by atoms with E-state index in [0.29, 0.717) is 10.9 Å². The fourth-order valence-corrected chi connectivity index (χ4v) is 5.54. The normalized spacial score (nSPS) is 14.7. The third kappa shape index (κ3) is 4.01. The Hall–Kier alpha value is -1.52. The van der Waals surface area contributed by atoms with Crippen LogP contribution in [0.3, 0.4) is 0 Å². The van der Waals surface area contributed by atoms with Crippen LogP contribution in [0, 0.1) is 0 Å². The molecule has 2 aromatic rings. The number of hydrogen-bond acceptors (Lipinski definition) is 4. The monoisotopic (exact) mass is 402 g/mol. The minimum Gasteiger partial charge on any atom is -0.508 e. The van der Waals surface area contributed by atoms with E-state index < -0.39 is 19.0 Å². The van der Waals surface area contributed by atoms with E-state index in [9.17, 15) is 14.5 Å². The molecule has 0 bridgehead atoms.